The number of hydrogen-bond acceptors (Lipinski definition) is 5. The molecule has 0 saturated carbocycles. The predicted molar refractivity (Wildman–Crippen MR) is 127 cm³/mol. The monoisotopic (exact) mass is 476 g/mol. The lowest BCUT2D eigenvalue weighted by Crippen LogP contribution is -2.60. The highest BCUT2D eigenvalue weighted by Crippen LogP contribution is 2.28. The van der Waals surface area contributed by atoms with Crippen molar-refractivity contribution in [3.63, 3.8) is 0 Å². The van der Waals surface area contributed by atoms with Crippen LogP contribution < -0.4 is 21.3 Å². The standard InChI is InChI=1S/C24H40N6O4/c1-14-10-17(20(32)27-16(12-25)11-15-8-9-26-19(15)31)30(13-14)21(33)18(23(2,3)4)28-22(34)29-24(5,6)7/h14-18H,8-11,13H2,1-7H3,(H,26,31)(H,27,32)(H2,28,29,34)/t14-,15?,16+,17?,18-/m1/s1. The zero-order valence-corrected chi connectivity index (χ0v) is 21.4. The maximum atomic E-state index is 13.6. The van der Waals surface area contributed by atoms with Crippen LogP contribution in [-0.4, -0.2) is 65.4 Å². The minimum absolute atomic E-state index is 0.0878. The summed E-state index contributed by atoms with van der Waals surface area (Å²) in [6.07, 6.45) is 1.33. The number of carbonyl (C=O) groups is 4. The summed E-state index contributed by atoms with van der Waals surface area (Å²) in [7, 11) is 0. The Morgan fingerprint density at radius 2 is 1.82 bits per heavy atom. The first-order valence-electron chi connectivity index (χ1n) is 12.0. The molecule has 2 aliphatic rings. The normalized spacial score (nSPS) is 24.6. The molecule has 0 bridgehead atoms. The molecule has 190 valence electrons. The number of hydrogen-bond donors (Lipinski definition) is 4. The molecule has 2 fully saturated rings. The number of likely N-dealkylation sites (tertiary alicyclic amines) is 1. The maximum Gasteiger partial charge on any atom is 0.315 e. The van der Waals surface area contributed by atoms with Gasteiger partial charge in [-0.3, -0.25) is 14.4 Å². The number of nitrogens with zero attached hydrogens (tertiary/aromatic N) is 2. The summed E-state index contributed by atoms with van der Waals surface area (Å²) in [6.45, 7) is 14.1. The van der Waals surface area contributed by atoms with E-state index in [2.05, 4.69) is 27.3 Å². The molecule has 10 heteroatoms. The van der Waals surface area contributed by atoms with E-state index in [1.807, 2.05) is 48.5 Å². The fraction of sp³-hybridized carbons (Fsp3) is 0.792. The largest absolute Gasteiger partial charge is 0.356 e. The molecule has 5 amide bonds. The van der Waals surface area contributed by atoms with Gasteiger partial charge < -0.3 is 26.2 Å². The fourth-order valence-corrected chi connectivity index (χ4v) is 4.43. The van der Waals surface area contributed by atoms with Crippen molar-refractivity contribution in [2.45, 2.75) is 91.4 Å². The Kier molecular flexibility index (Phi) is 8.56. The molecule has 4 N–H and O–H groups in total. The molecule has 2 unspecified atom stereocenters. The van der Waals surface area contributed by atoms with Crippen LogP contribution in [0.1, 0.15) is 67.7 Å². The van der Waals surface area contributed by atoms with Gasteiger partial charge in [-0.1, -0.05) is 27.7 Å². The molecule has 5 atom stereocenters. The Morgan fingerprint density at radius 1 is 1.18 bits per heavy atom. The first kappa shape index (κ1) is 27.4. The van der Waals surface area contributed by atoms with E-state index in [-0.39, 0.29) is 30.1 Å². The van der Waals surface area contributed by atoms with E-state index in [0.29, 0.717) is 25.9 Å². The molecular weight excluding hydrogens is 436 g/mol. The third-order valence-electron chi connectivity index (χ3n) is 6.13. The van der Waals surface area contributed by atoms with Gasteiger partial charge in [0.2, 0.25) is 17.7 Å². The molecule has 10 nitrogen and oxygen atoms in total. The summed E-state index contributed by atoms with van der Waals surface area (Å²) in [6, 6.07) is -0.779. The lowest BCUT2D eigenvalue weighted by atomic mass is 9.85. The fourth-order valence-electron chi connectivity index (χ4n) is 4.43. The quantitative estimate of drug-likeness (QED) is 0.456. The third kappa shape index (κ3) is 7.34. The molecule has 0 aromatic carbocycles. The number of nitriles is 1. The van der Waals surface area contributed by atoms with Crippen LogP contribution >= 0.6 is 0 Å². The van der Waals surface area contributed by atoms with Crippen molar-refractivity contribution in [2.75, 3.05) is 13.1 Å². The summed E-state index contributed by atoms with van der Waals surface area (Å²) in [5.74, 6) is -1.06. The van der Waals surface area contributed by atoms with Crippen LogP contribution in [0.2, 0.25) is 0 Å². The molecule has 0 aromatic rings. The topological polar surface area (TPSA) is 143 Å². The molecule has 0 aromatic heterocycles. The second-order valence-electron chi connectivity index (χ2n) is 11.7. The summed E-state index contributed by atoms with van der Waals surface area (Å²) >= 11 is 0. The van der Waals surface area contributed by atoms with Crippen molar-refractivity contribution in [1.82, 2.24) is 26.2 Å². The second kappa shape index (κ2) is 10.6. The number of carbonyl (C=O) groups excluding carboxylic acids is 4. The van der Waals surface area contributed by atoms with Gasteiger partial charge in [-0.15, -0.1) is 0 Å². The summed E-state index contributed by atoms with van der Waals surface area (Å²) in [5, 5.41) is 20.6. The van der Waals surface area contributed by atoms with Crippen LogP contribution in [0, 0.1) is 28.6 Å². The molecule has 0 spiro atoms. The lowest BCUT2D eigenvalue weighted by Gasteiger charge is -2.36. The molecule has 2 heterocycles. The maximum absolute atomic E-state index is 13.6. The average molecular weight is 477 g/mol. The van der Waals surface area contributed by atoms with Crippen molar-refractivity contribution < 1.29 is 19.2 Å². The summed E-state index contributed by atoms with van der Waals surface area (Å²) in [5.41, 5.74) is -1.06. The Morgan fingerprint density at radius 3 is 2.32 bits per heavy atom. The molecule has 2 rings (SSSR count). The molecule has 2 saturated heterocycles. The Bertz CT molecular complexity index is 838. The van der Waals surface area contributed by atoms with Crippen LogP contribution in [0.25, 0.3) is 0 Å². The smallest absolute Gasteiger partial charge is 0.315 e. The summed E-state index contributed by atoms with van der Waals surface area (Å²) in [4.78, 5) is 52.7. The second-order valence-corrected chi connectivity index (χ2v) is 11.7. The van der Waals surface area contributed by atoms with Gasteiger partial charge in [-0.25, -0.2) is 4.79 Å². The van der Waals surface area contributed by atoms with Crippen molar-refractivity contribution in [3.05, 3.63) is 0 Å². The lowest BCUT2D eigenvalue weighted by molar-refractivity contribution is -0.142. The minimum Gasteiger partial charge on any atom is -0.356 e. The number of amides is 5. The number of urea groups is 1. The number of nitrogens with one attached hydrogen (secondary N) is 4. The van der Waals surface area contributed by atoms with Crippen LogP contribution in [0.5, 0.6) is 0 Å². The molecule has 34 heavy (non-hydrogen) atoms. The highest BCUT2D eigenvalue weighted by atomic mass is 16.2. The van der Waals surface area contributed by atoms with E-state index in [9.17, 15) is 24.4 Å². The molecule has 2 aliphatic heterocycles. The van der Waals surface area contributed by atoms with Crippen molar-refractivity contribution in [1.29, 1.82) is 5.26 Å². The number of rotatable bonds is 6. The first-order valence-corrected chi connectivity index (χ1v) is 12.0. The van der Waals surface area contributed by atoms with Gasteiger partial charge in [-0.05, 0) is 51.4 Å². The average Bonchev–Trinajstić information content (AvgIpc) is 3.28. The van der Waals surface area contributed by atoms with E-state index in [1.165, 1.54) is 4.90 Å². The Balaban J connectivity index is 2.15. The zero-order chi connectivity index (χ0) is 25.8. The van der Waals surface area contributed by atoms with Crippen LogP contribution in [-0.2, 0) is 14.4 Å². The van der Waals surface area contributed by atoms with Gasteiger partial charge >= 0.3 is 6.03 Å². The van der Waals surface area contributed by atoms with E-state index < -0.39 is 41.0 Å². The van der Waals surface area contributed by atoms with Gasteiger partial charge in [-0.2, -0.15) is 5.26 Å². The predicted octanol–water partition coefficient (Wildman–Crippen LogP) is 1.27. The van der Waals surface area contributed by atoms with E-state index in [0.717, 1.165) is 0 Å². The van der Waals surface area contributed by atoms with Crippen LogP contribution in [0.15, 0.2) is 0 Å². The Labute approximate surface area is 202 Å². The van der Waals surface area contributed by atoms with E-state index in [1.54, 1.807) is 0 Å². The van der Waals surface area contributed by atoms with E-state index >= 15 is 0 Å². The van der Waals surface area contributed by atoms with Gasteiger partial charge in [0, 0.05) is 24.5 Å². The Hall–Kier alpha value is -2.83. The minimum atomic E-state index is -0.843. The van der Waals surface area contributed by atoms with Gasteiger partial charge in [0.1, 0.15) is 18.1 Å². The summed E-state index contributed by atoms with van der Waals surface area (Å²) < 4.78 is 0. The van der Waals surface area contributed by atoms with Crippen molar-refractivity contribution in [2.24, 2.45) is 17.3 Å². The van der Waals surface area contributed by atoms with Gasteiger partial charge in [0.05, 0.1) is 6.07 Å². The molecular formula is C24H40N6O4. The first-order chi connectivity index (χ1) is 15.6. The zero-order valence-electron chi connectivity index (χ0n) is 21.4. The van der Waals surface area contributed by atoms with E-state index in [4.69, 9.17) is 0 Å². The highest BCUT2D eigenvalue weighted by molar-refractivity contribution is 5.93. The third-order valence-corrected chi connectivity index (χ3v) is 6.13. The van der Waals surface area contributed by atoms with Crippen LogP contribution in [0.4, 0.5) is 4.79 Å². The van der Waals surface area contributed by atoms with Crippen molar-refractivity contribution >= 4 is 23.8 Å². The SMILES string of the molecule is C[C@@H]1CC(C(=O)N[C@H](C#N)CC2CCNC2=O)N(C(=O)[C@@H](NC(=O)NC(C)(C)C)C(C)(C)C)C1. The van der Waals surface area contributed by atoms with Gasteiger partial charge in [0.15, 0.2) is 0 Å². The highest BCUT2D eigenvalue weighted by Gasteiger charge is 2.44. The van der Waals surface area contributed by atoms with Crippen LogP contribution in [0.3, 0.4) is 0 Å². The molecule has 0 radical (unpaired) electrons. The van der Waals surface area contributed by atoms with Crippen molar-refractivity contribution in [3.8, 4) is 6.07 Å². The van der Waals surface area contributed by atoms with Gasteiger partial charge in [0.25, 0.3) is 0 Å². The molecule has 0 aliphatic carbocycles.